The third-order valence-electron chi connectivity index (χ3n) is 9.70. The second kappa shape index (κ2) is 14.6. The van der Waals surface area contributed by atoms with E-state index < -0.39 is 11.4 Å². The van der Waals surface area contributed by atoms with Gasteiger partial charge in [0.25, 0.3) is 0 Å². The van der Waals surface area contributed by atoms with Crippen molar-refractivity contribution in [3.8, 4) is 23.0 Å². The highest BCUT2D eigenvalue weighted by Gasteiger charge is 2.20. The lowest BCUT2D eigenvalue weighted by atomic mass is 9.91. The molecule has 264 valence electrons. The van der Waals surface area contributed by atoms with E-state index in [1.165, 1.54) is 6.20 Å². The summed E-state index contributed by atoms with van der Waals surface area (Å²) in [6, 6.07) is 26.1. The van der Waals surface area contributed by atoms with E-state index in [1.54, 1.807) is 16.7 Å². The summed E-state index contributed by atoms with van der Waals surface area (Å²) in [5.74, 6) is 0.397. The van der Waals surface area contributed by atoms with E-state index in [0.717, 1.165) is 16.8 Å². The molecule has 0 spiro atoms. The van der Waals surface area contributed by atoms with Gasteiger partial charge in [-0.25, -0.2) is 9.78 Å². The summed E-state index contributed by atoms with van der Waals surface area (Å²) in [6.07, 6.45) is 3.27. The highest BCUT2D eigenvalue weighted by atomic mass is 16.5. The minimum atomic E-state index is -0.700. The number of hydrogen-bond acceptors (Lipinski definition) is 8. The van der Waals surface area contributed by atoms with Crippen molar-refractivity contribution in [3.63, 3.8) is 0 Å². The number of carbonyl (C=O) groups excluding carboxylic acids is 1. The predicted octanol–water partition coefficient (Wildman–Crippen LogP) is 7.14. The standard InChI is InChI=1S/C43H40N2O7/c1-3-45-25-36(40(49)35-18-17-26(2)44-42(35)45)43(50)52-20-8-19-51-41-33-15-7-16-34(41)24-32-14-6-12-30(39(32)48)22-28-10-4-9-27(37(28)46)21-29-11-5-13-31(23-33)38(29)47/h4-7,9-18,25,46-48H,3,8,19-24H2,1-2H3. The number of nitrogens with zero attached hydrogens (tertiary/aromatic N) is 2. The molecular formula is C43H40N2O7. The number of rotatable bonds is 7. The maximum Gasteiger partial charge on any atom is 0.343 e. The van der Waals surface area contributed by atoms with Gasteiger partial charge in [-0.2, -0.15) is 0 Å². The van der Waals surface area contributed by atoms with E-state index in [2.05, 4.69) is 4.98 Å². The molecule has 0 atom stereocenters. The summed E-state index contributed by atoms with van der Waals surface area (Å²) in [5.41, 5.74) is 6.69. The third-order valence-corrected chi connectivity index (χ3v) is 9.70. The number of carbonyl (C=O) groups is 1. The summed E-state index contributed by atoms with van der Waals surface area (Å²) in [7, 11) is 0. The molecule has 1 aliphatic carbocycles. The van der Waals surface area contributed by atoms with Crippen LogP contribution in [0, 0.1) is 6.92 Å². The quantitative estimate of drug-likeness (QED) is 0.118. The molecule has 52 heavy (non-hydrogen) atoms. The lowest BCUT2D eigenvalue weighted by Gasteiger charge is -2.19. The van der Waals surface area contributed by atoms with Crippen LogP contribution in [0.15, 0.2) is 95.9 Å². The van der Waals surface area contributed by atoms with Gasteiger partial charge in [0.2, 0.25) is 5.43 Å². The number of aromatic hydroxyl groups is 3. The molecule has 0 radical (unpaired) electrons. The summed E-state index contributed by atoms with van der Waals surface area (Å²) < 4.78 is 13.8. The second-order valence-electron chi connectivity index (χ2n) is 13.2. The Morgan fingerprint density at radius 3 is 1.63 bits per heavy atom. The molecule has 1 aliphatic rings. The van der Waals surface area contributed by atoms with Crippen molar-refractivity contribution in [2.45, 2.75) is 52.5 Å². The molecule has 0 saturated heterocycles. The van der Waals surface area contributed by atoms with Crippen LogP contribution in [0.25, 0.3) is 11.0 Å². The van der Waals surface area contributed by atoms with Crippen molar-refractivity contribution in [1.82, 2.24) is 9.55 Å². The van der Waals surface area contributed by atoms with Gasteiger partial charge < -0.3 is 29.4 Å². The van der Waals surface area contributed by atoms with Crippen LogP contribution in [0.3, 0.4) is 0 Å². The number of aryl methyl sites for hydroxylation is 2. The maximum absolute atomic E-state index is 13.2. The Balaban J connectivity index is 1.15. The zero-order valence-electron chi connectivity index (χ0n) is 29.2. The molecule has 9 heteroatoms. The number of ether oxygens (including phenoxy) is 2. The molecule has 7 rings (SSSR count). The normalized spacial score (nSPS) is 12.4. The number of phenols is 3. The largest absolute Gasteiger partial charge is 0.507 e. The lowest BCUT2D eigenvalue weighted by Crippen LogP contribution is -2.22. The number of esters is 1. The van der Waals surface area contributed by atoms with Gasteiger partial charge in [-0.1, -0.05) is 72.8 Å². The zero-order valence-corrected chi connectivity index (χ0v) is 29.2. The molecular weight excluding hydrogens is 656 g/mol. The number of fused-ring (bicyclic) bond motifs is 9. The number of pyridine rings is 2. The number of aromatic nitrogens is 2. The number of phenolic OH excluding ortho intramolecular Hbond substituents is 3. The first-order chi connectivity index (χ1) is 25.2. The Labute approximate surface area is 301 Å². The summed E-state index contributed by atoms with van der Waals surface area (Å²) >= 11 is 0. The van der Waals surface area contributed by atoms with Crippen LogP contribution in [0.5, 0.6) is 23.0 Å². The highest BCUT2D eigenvalue weighted by Crippen LogP contribution is 2.37. The van der Waals surface area contributed by atoms with E-state index in [-0.39, 0.29) is 36.0 Å². The minimum Gasteiger partial charge on any atom is -0.507 e. The van der Waals surface area contributed by atoms with Gasteiger partial charge in [-0.15, -0.1) is 0 Å². The molecule has 4 aromatic carbocycles. The Morgan fingerprint density at radius 1 is 0.692 bits per heavy atom. The van der Waals surface area contributed by atoms with Crippen LogP contribution in [-0.2, 0) is 37.0 Å². The van der Waals surface area contributed by atoms with Gasteiger partial charge in [-0.05, 0) is 70.5 Å². The van der Waals surface area contributed by atoms with Crippen molar-refractivity contribution >= 4 is 17.0 Å². The average Bonchev–Trinajstić information content (AvgIpc) is 3.13. The van der Waals surface area contributed by atoms with Crippen molar-refractivity contribution in [2.24, 2.45) is 0 Å². The van der Waals surface area contributed by atoms with E-state index in [4.69, 9.17) is 9.47 Å². The summed E-state index contributed by atoms with van der Waals surface area (Å²) in [5, 5.41) is 34.4. The highest BCUT2D eigenvalue weighted by molar-refractivity contribution is 5.93. The SMILES string of the molecule is CCn1cc(C(=O)OCCCOc2c3cccc2Cc2cccc(c2O)Cc2cccc(c2O)Cc2cccc(c2O)C3)c(=O)c2ccc(C)nc21. The minimum absolute atomic E-state index is 0.0325. The van der Waals surface area contributed by atoms with Crippen LogP contribution < -0.4 is 10.2 Å². The Kier molecular flexibility index (Phi) is 9.67. The van der Waals surface area contributed by atoms with Crippen LogP contribution in [0.2, 0.25) is 0 Å². The van der Waals surface area contributed by atoms with E-state index in [1.807, 2.05) is 86.6 Å². The first-order valence-corrected chi connectivity index (χ1v) is 17.5. The Hall–Kier alpha value is -6.09. The van der Waals surface area contributed by atoms with Gasteiger partial charge in [0.15, 0.2) is 0 Å². The summed E-state index contributed by atoms with van der Waals surface area (Å²) in [4.78, 5) is 30.8. The first kappa shape index (κ1) is 34.4. The molecule has 0 amide bonds. The molecule has 0 fully saturated rings. The molecule has 0 aliphatic heterocycles. The number of hydrogen-bond donors (Lipinski definition) is 3. The van der Waals surface area contributed by atoms with Gasteiger partial charge >= 0.3 is 5.97 Å². The van der Waals surface area contributed by atoms with E-state index in [0.29, 0.717) is 88.8 Å². The van der Waals surface area contributed by atoms with Crippen LogP contribution in [-0.4, -0.2) is 44.1 Å². The molecule has 9 nitrogen and oxygen atoms in total. The molecule has 3 N–H and O–H groups in total. The van der Waals surface area contributed by atoms with Crippen molar-refractivity contribution in [2.75, 3.05) is 13.2 Å². The second-order valence-corrected chi connectivity index (χ2v) is 13.2. The predicted molar refractivity (Wildman–Crippen MR) is 199 cm³/mol. The topological polar surface area (TPSA) is 131 Å². The van der Waals surface area contributed by atoms with E-state index in [9.17, 15) is 24.9 Å². The van der Waals surface area contributed by atoms with Crippen molar-refractivity contribution in [3.05, 3.63) is 157 Å². The lowest BCUT2D eigenvalue weighted by molar-refractivity contribution is 0.0483. The van der Waals surface area contributed by atoms with Gasteiger partial charge in [0.05, 0.1) is 18.6 Å². The molecule has 2 aromatic heterocycles. The summed E-state index contributed by atoms with van der Waals surface area (Å²) in [6.45, 7) is 4.55. The van der Waals surface area contributed by atoms with Crippen LogP contribution in [0.4, 0.5) is 0 Å². The molecule has 6 aromatic rings. The monoisotopic (exact) mass is 696 g/mol. The number of para-hydroxylation sites is 4. The van der Waals surface area contributed by atoms with Crippen molar-refractivity contribution in [1.29, 1.82) is 0 Å². The molecule has 2 heterocycles. The van der Waals surface area contributed by atoms with Crippen LogP contribution in [0.1, 0.15) is 73.9 Å². The maximum atomic E-state index is 13.2. The fourth-order valence-electron chi connectivity index (χ4n) is 6.93. The Morgan fingerprint density at radius 2 is 1.15 bits per heavy atom. The first-order valence-electron chi connectivity index (χ1n) is 17.5. The fraction of sp³-hybridized carbons (Fsp3) is 0.233. The molecule has 0 saturated carbocycles. The van der Waals surface area contributed by atoms with E-state index >= 15 is 0 Å². The third kappa shape index (κ3) is 6.82. The smallest absolute Gasteiger partial charge is 0.343 e. The van der Waals surface area contributed by atoms with Crippen molar-refractivity contribution < 1.29 is 29.6 Å². The van der Waals surface area contributed by atoms with Gasteiger partial charge in [0, 0.05) is 50.5 Å². The molecule has 8 bridgehead atoms. The number of benzene rings is 4. The van der Waals surface area contributed by atoms with Gasteiger partial charge in [-0.3, -0.25) is 4.79 Å². The Bertz CT molecular complexity index is 2290. The fourth-order valence-corrected chi connectivity index (χ4v) is 6.93. The molecule has 0 unspecified atom stereocenters. The zero-order chi connectivity index (χ0) is 36.4. The van der Waals surface area contributed by atoms with Gasteiger partial charge in [0.1, 0.15) is 34.2 Å². The average molecular weight is 697 g/mol. The van der Waals surface area contributed by atoms with Crippen LogP contribution >= 0.6 is 0 Å².